The highest BCUT2D eigenvalue weighted by atomic mass is 79.9. The molecule has 0 aromatic carbocycles. The average Bonchev–Trinajstić information content (AvgIpc) is 2.29. The molecule has 1 aromatic rings. The molecule has 0 spiro atoms. The summed E-state index contributed by atoms with van der Waals surface area (Å²) in [4.78, 5) is 8.55. The van der Waals surface area contributed by atoms with Gasteiger partial charge in [0.05, 0.1) is 4.47 Å². The second-order valence-corrected chi connectivity index (χ2v) is 6.44. The molecule has 0 fully saturated rings. The Balaban J connectivity index is 2.71. The molecule has 2 N–H and O–H groups in total. The summed E-state index contributed by atoms with van der Waals surface area (Å²) in [5, 5.41) is 6.36. The maximum absolute atomic E-state index is 11.2. The molecule has 7 heteroatoms. The van der Waals surface area contributed by atoms with Gasteiger partial charge in [-0.15, -0.1) is 0 Å². The van der Waals surface area contributed by atoms with Gasteiger partial charge in [0.1, 0.15) is 5.82 Å². The van der Waals surface area contributed by atoms with E-state index in [0.29, 0.717) is 11.7 Å². The van der Waals surface area contributed by atoms with E-state index in [0.717, 1.165) is 23.3 Å². The molecule has 0 aliphatic carbocycles. The van der Waals surface area contributed by atoms with E-state index in [9.17, 15) is 4.21 Å². The van der Waals surface area contributed by atoms with Crippen LogP contribution in [0.5, 0.6) is 0 Å². The smallest absolute Gasteiger partial charge is 0.224 e. The Hall–Kier alpha value is -0.690. The molecule has 0 saturated heterocycles. The van der Waals surface area contributed by atoms with Gasteiger partial charge in [-0.25, -0.2) is 4.98 Å². The highest BCUT2D eigenvalue weighted by Gasteiger charge is 2.09. The topological polar surface area (TPSA) is 66.9 Å². The summed E-state index contributed by atoms with van der Waals surface area (Å²) in [7, 11) is -0.823. The molecule has 0 amide bonds. The van der Waals surface area contributed by atoms with E-state index < -0.39 is 10.8 Å². The Labute approximate surface area is 119 Å². The minimum atomic E-state index is -0.823. The van der Waals surface area contributed by atoms with Crippen LogP contribution in [0.1, 0.15) is 20.3 Å². The molecule has 5 nitrogen and oxygen atoms in total. The fourth-order valence-electron chi connectivity index (χ4n) is 1.42. The third-order valence-electron chi connectivity index (χ3n) is 2.15. The lowest BCUT2D eigenvalue weighted by Crippen LogP contribution is -2.23. The lowest BCUT2D eigenvalue weighted by molar-refractivity contribution is 0.683. The van der Waals surface area contributed by atoms with Crippen molar-refractivity contribution in [2.24, 2.45) is 0 Å². The molecule has 1 rings (SSSR count). The van der Waals surface area contributed by atoms with Crippen LogP contribution in [-0.2, 0) is 10.8 Å². The van der Waals surface area contributed by atoms with Gasteiger partial charge in [0.25, 0.3) is 0 Å². The fraction of sp³-hybridized carbons (Fsp3) is 0.636. The van der Waals surface area contributed by atoms with Gasteiger partial charge in [-0.2, -0.15) is 4.98 Å². The van der Waals surface area contributed by atoms with Gasteiger partial charge in [-0.1, -0.05) is 6.92 Å². The van der Waals surface area contributed by atoms with Crippen molar-refractivity contribution in [2.45, 2.75) is 26.3 Å². The van der Waals surface area contributed by atoms with Gasteiger partial charge in [-0.05, 0) is 29.3 Å². The molecular weight excluding hydrogens is 316 g/mol. The van der Waals surface area contributed by atoms with E-state index in [4.69, 9.17) is 0 Å². The van der Waals surface area contributed by atoms with E-state index in [1.165, 1.54) is 0 Å². The van der Waals surface area contributed by atoms with E-state index in [-0.39, 0.29) is 6.04 Å². The number of nitrogens with one attached hydrogen (secondary N) is 2. The monoisotopic (exact) mass is 334 g/mol. The van der Waals surface area contributed by atoms with Crippen LogP contribution in [0.25, 0.3) is 0 Å². The first-order valence-electron chi connectivity index (χ1n) is 5.86. The van der Waals surface area contributed by atoms with Gasteiger partial charge in [-0.3, -0.25) is 4.21 Å². The zero-order valence-corrected chi connectivity index (χ0v) is 13.3. The van der Waals surface area contributed by atoms with Gasteiger partial charge in [0, 0.05) is 41.6 Å². The Morgan fingerprint density at radius 1 is 1.56 bits per heavy atom. The molecule has 0 bridgehead atoms. The summed E-state index contributed by atoms with van der Waals surface area (Å²) in [5.41, 5.74) is 0. The molecule has 18 heavy (non-hydrogen) atoms. The third-order valence-corrected chi connectivity index (χ3v) is 3.69. The van der Waals surface area contributed by atoms with E-state index >= 15 is 0 Å². The van der Waals surface area contributed by atoms with Crippen LogP contribution in [0.15, 0.2) is 10.7 Å². The predicted molar refractivity (Wildman–Crippen MR) is 80.5 cm³/mol. The number of anilines is 2. The third kappa shape index (κ3) is 5.30. The normalized spacial score (nSPS) is 14.0. The van der Waals surface area contributed by atoms with Gasteiger partial charge >= 0.3 is 0 Å². The first kappa shape index (κ1) is 15.4. The summed E-state index contributed by atoms with van der Waals surface area (Å²) in [6.45, 7) is 4.91. The Kier molecular flexibility index (Phi) is 6.56. The molecule has 2 atom stereocenters. The molecule has 0 saturated carbocycles. The highest BCUT2D eigenvalue weighted by Crippen LogP contribution is 2.20. The Bertz CT molecular complexity index is 416. The van der Waals surface area contributed by atoms with Crippen molar-refractivity contribution in [3.8, 4) is 0 Å². The van der Waals surface area contributed by atoms with Gasteiger partial charge < -0.3 is 10.6 Å². The fourth-order valence-corrected chi connectivity index (χ4v) is 2.51. The van der Waals surface area contributed by atoms with Crippen LogP contribution < -0.4 is 10.6 Å². The Morgan fingerprint density at radius 2 is 2.28 bits per heavy atom. The van der Waals surface area contributed by atoms with Crippen LogP contribution >= 0.6 is 15.9 Å². The van der Waals surface area contributed by atoms with Crippen LogP contribution in [0.4, 0.5) is 11.8 Å². The molecule has 0 radical (unpaired) electrons. The molecule has 2 unspecified atom stereocenters. The summed E-state index contributed by atoms with van der Waals surface area (Å²) in [6, 6.07) is 0.0982. The quantitative estimate of drug-likeness (QED) is 0.800. The lowest BCUT2D eigenvalue weighted by atomic mass is 10.4. The molecular formula is C11H19BrN4OS. The summed E-state index contributed by atoms with van der Waals surface area (Å²) >= 11 is 3.40. The largest absolute Gasteiger partial charge is 0.366 e. The molecule has 0 aliphatic rings. The number of hydrogen-bond donors (Lipinski definition) is 2. The Morgan fingerprint density at radius 3 is 2.89 bits per heavy atom. The first-order chi connectivity index (χ1) is 8.52. The van der Waals surface area contributed by atoms with Crippen molar-refractivity contribution in [1.82, 2.24) is 9.97 Å². The van der Waals surface area contributed by atoms with Crippen molar-refractivity contribution in [1.29, 1.82) is 0 Å². The minimum Gasteiger partial charge on any atom is -0.366 e. The SMILES string of the molecule is CCCNc1ncc(Br)c(NC(C)CS(C)=O)n1. The summed E-state index contributed by atoms with van der Waals surface area (Å²) < 4.78 is 12.0. The first-order valence-corrected chi connectivity index (χ1v) is 8.38. The number of nitrogens with zero attached hydrogens (tertiary/aromatic N) is 2. The van der Waals surface area contributed by atoms with Crippen molar-refractivity contribution in [3.63, 3.8) is 0 Å². The highest BCUT2D eigenvalue weighted by molar-refractivity contribution is 9.10. The number of aromatic nitrogens is 2. The van der Waals surface area contributed by atoms with Crippen molar-refractivity contribution in [3.05, 3.63) is 10.7 Å². The summed E-state index contributed by atoms with van der Waals surface area (Å²) in [6.07, 6.45) is 4.43. The molecule has 102 valence electrons. The predicted octanol–water partition coefficient (Wildman–Crippen LogP) is 2.24. The summed E-state index contributed by atoms with van der Waals surface area (Å²) in [5.74, 6) is 1.92. The van der Waals surface area contributed by atoms with E-state index in [1.807, 2.05) is 6.92 Å². The van der Waals surface area contributed by atoms with Crippen LogP contribution in [0.2, 0.25) is 0 Å². The number of hydrogen-bond acceptors (Lipinski definition) is 5. The number of rotatable bonds is 7. The van der Waals surface area contributed by atoms with Crippen molar-refractivity contribution >= 4 is 38.5 Å². The second-order valence-electron chi connectivity index (χ2n) is 4.10. The second kappa shape index (κ2) is 7.68. The van der Waals surface area contributed by atoms with E-state index in [1.54, 1.807) is 12.5 Å². The minimum absolute atomic E-state index is 0.0982. The van der Waals surface area contributed by atoms with Crippen LogP contribution in [0, 0.1) is 0 Å². The van der Waals surface area contributed by atoms with Crippen LogP contribution in [-0.4, -0.2) is 38.8 Å². The lowest BCUT2D eigenvalue weighted by Gasteiger charge is -2.15. The van der Waals surface area contributed by atoms with Gasteiger partial charge in [0.2, 0.25) is 5.95 Å². The maximum Gasteiger partial charge on any atom is 0.224 e. The van der Waals surface area contributed by atoms with E-state index in [2.05, 4.69) is 43.5 Å². The zero-order chi connectivity index (χ0) is 13.5. The maximum atomic E-state index is 11.2. The molecule has 1 aromatic heterocycles. The van der Waals surface area contributed by atoms with Crippen molar-refractivity contribution < 1.29 is 4.21 Å². The average molecular weight is 335 g/mol. The number of halogens is 1. The molecule has 1 heterocycles. The van der Waals surface area contributed by atoms with Crippen LogP contribution in [0.3, 0.4) is 0 Å². The zero-order valence-electron chi connectivity index (χ0n) is 10.9. The molecule has 0 aliphatic heterocycles. The van der Waals surface area contributed by atoms with Crippen molar-refractivity contribution in [2.75, 3.05) is 29.2 Å². The standard InChI is InChI=1S/C11H19BrN4OS/c1-4-5-13-11-14-6-9(12)10(16-11)15-8(2)7-18(3)17/h6,8H,4-5,7H2,1-3H3,(H2,13,14,15,16). The van der Waals surface area contributed by atoms with Gasteiger partial charge in [0.15, 0.2) is 0 Å².